The maximum atomic E-state index is 12.0. The molecular formula is C30H29ClN2O5. The van der Waals surface area contributed by atoms with Gasteiger partial charge in [0.05, 0.1) is 13.7 Å². The van der Waals surface area contributed by atoms with Crippen molar-refractivity contribution in [1.82, 2.24) is 9.55 Å². The number of rotatable bonds is 8. The Kier molecular flexibility index (Phi) is 7.63. The molecule has 38 heavy (non-hydrogen) atoms. The van der Waals surface area contributed by atoms with Crippen LogP contribution >= 0.6 is 11.6 Å². The molecular weight excluding hydrogens is 504 g/mol. The SMILES string of the molecule is COc1nc(=O)c(C)cn1[C@@H]1O[C@H](COC(c2ccccc2)(c2ccccc2)c2ccccc2)[C@H](O)[C@H]1Cl. The summed E-state index contributed by atoms with van der Waals surface area (Å²) in [5, 5.41) is 10.3. The van der Waals surface area contributed by atoms with E-state index >= 15 is 0 Å². The van der Waals surface area contributed by atoms with Crippen molar-refractivity contribution >= 4 is 11.6 Å². The number of alkyl halides is 1. The number of aromatic nitrogens is 2. The van der Waals surface area contributed by atoms with Crippen LogP contribution in [0, 0.1) is 6.92 Å². The van der Waals surface area contributed by atoms with Crippen LogP contribution in [0.2, 0.25) is 0 Å². The summed E-state index contributed by atoms with van der Waals surface area (Å²) in [5.41, 5.74) is 1.84. The highest BCUT2D eigenvalue weighted by Gasteiger charge is 2.46. The molecule has 0 radical (unpaired) electrons. The van der Waals surface area contributed by atoms with Gasteiger partial charge in [0.1, 0.15) is 23.2 Å². The van der Waals surface area contributed by atoms with E-state index in [4.69, 9.17) is 25.8 Å². The molecule has 0 spiro atoms. The summed E-state index contributed by atoms with van der Waals surface area (Å²) in [5.74, 6) is 0. The molecule has 196 valence electrons. The number of aliphatic hydroxyl groups is 1. The summed E-state index contributed by atoms with van der Waals surface area (Å²) in [6, 6.07) is 30.0. The lowest BCUT2D eigenvalue weighted by molar-refractivity contribution is -0.0947. The lowest BCUT2D eigenvalue weighted by Gasteiger charge is -2.37. The molecule has 0 bridgehead atoms. The minimum atomic E-state index is -1.05. The fourth-order valence-electron chi connectivity index (χ4n) is 4.93. The second kappa shape index (κ2) is 11.1. The van der Waals surface area contributed by atoms with Crippen LogP contribution in [0.5, 0.6) is 6.01 Å². The topological polar surface area (TPSA) is 82.8 Å². The fourth-order valence-corrected chi connectivity index (χ4v) is 5.27. The van der Waals surface area contributed by atoms with Gasteiger partial charge in [-0.15, -0.1) is 11.6 Å². The number of hydrogen-bond donors (Lipinski definition) is 1. The maximum absolute atomic E-state index is 12.0. The van der Waals surface area contributed by atoms with Crippen LogP contribution in [-0.4, -0.2) is 46.0 Å². The molecule has 0 aliphatic carbocycles. The van der Waals surface area contributed by atoms with E-state index < -0.39 is 35.0 Å². The summed E-state index contributed by atoms with van der Waals surface area (Å²) in [6.45, 7) is 1.68. The van der Waals surface area contributed by atoms with E-state index in [-0.39, 0.29) is 12.6 Å². The molecule has 5 rings (SSSR count). The molecule has 1 fully saturated rings. The Morgan fingerprint density at radius 2 is 1.45 bits per heavy atom. The second-order valence-corrected chi connectivity index (χ2v) is 9.72. The first-order chi connectivity index (χ1) is 18.5. The van der Waals surface area contributed by atoms with Crippen molar-refractivity contribution in [2.75, 3.05) is 13.7 Å². The van der Waals surface area contributed by atoms with Gasteiger partial charge in [0.2, 0.25) is 0 Å². The number of nitrogens with zero attached hydrogens (tertiary/aromatic N) is 2. The minimum absolute atomic E-state index is 0.0362. The highest BCUT2D eigenvalue weighted by Crippen LogP contribution is 2.42. The largest absolute Gasteiger partial charge is 0.468 e. The van der Waals surface area contributed by atoms with E-state index in [9.17, 15) is 9.90 Å². The number of hydrogen-bond acceptors (Lipinski definition) is 6. The van der Waals surface area contributed by atoms with Gasteiger partial charge in [-0.05, 0) is 23.6 Å². The van der Waals surface area contributed by atoms with Gasteiger partial charge in [-0.2, -0.15) is 4.98 Å². The Labute approximate surface area is 226 Å². The van der Waals surface area contributed by atoms with Crippen LogP contribution in [-0.2, 0) is 15.1 Å². The molecule has 0 amide bonds. The average molecular weight is 533 g/mol. The zero-order chi connectivity index (χ0) is 26.7. The molecule has 3 aromatic carbocycles. The molecule has 1 saturated heterocycles. The second-order valence-electron chi connectivity index (χ2n) is 9.21. The first-order valence-corrected chi connectivity index (χ1v) is 12.8. The maximum Gasteiger partial charge on any atom is 0.301 e. The number of methoxy groups -OCH3 is 1. The van der Waals surface area contributed by atoms with Crippen molar-refractivity contribution in [1.29, 1.82) is 0 Å². The third-order valence-corrected chi connectivity index (χ3v) is 7.32. The molecule has 0 saturated carbocycles. The first kappa shape index (κ1) is 26.1. The van der Waals surface area contributed by atoms with Crippen LogP contribution in [0.15, 0.2) is 102 Å². The van der Waals surface area contributed by atoms with Crippen LogP contribution in [0.3, 0.4) is 0 Å². The zero-order valence-corrected chi connectivity index (χ0v) is 21.9. The number of ether oxygens (including phenoxy) is 3. The number of aryl methyl sites for hydroxylation is 1. The summed E-state index contributed by atoms with van der Waals surface area (Å²) in [4.78, 5) is 16.0. The lowest BCUT2D eigenvalue weighted by atomic mass is 9.80. The predicted octanol–water partition coefficient (Wildman–Crippen LogP) is 4.43. The van der Waals surface area contributed by atoms with E-state index in [0.717, 1.165) is 16.7 Å². The monoisotopic (exact) mass is 532 g/mol. The van der Waals surface area contributed by atoms with Gasteiger partial charge in [0.15, 0.2) is 6.23 Å². The fraction of sp³-hybridized carbons (Fsp3) is 0.267. The van der Waals surface area contributed by atoms with Crippen LogP contribution in [0.1, 0.15) is 28.5 Å². The Morgan fingerprint density at radius 1 is 0.947 bits per heavy atom. The normalized spacial score (nSPS) is 21.4. The van der Waals surface area contributed by atoms with Crippen molar-refractivity contribution in [3.63, 3.8) is 0 Å². The van der Waals surface area contributed by atoms with Gasteiger partial charge in [0, 0.05) is 11.8 Å². The molecule has 1 aromatic heterocycles. The lowest BCUT2D eigenvalue weighted by Crippen LogP contribution is -2.39. The van der Waals surface area contributed by atoms with Gasteiger partial charge in [-0.3, -0.25) is 9.36 Å². The highest BCUT2D eigenvalue weighted by atomic mass is 35.5. The van der Waals surface area contributed by atoms with E-state index in [1.807, 2.05) is 91.0 Å². The van der Waals surface area contributed by atoms with Gasteiger partial charge >= 0.3 is 6.01 Å². The summed E-state index contributed by atoms with van der Waals surface area (Å²) in [6.07, 6.45) is -1.05. The highest BCUT2D eigenvalue weighted by molar-refractivity contribution is 6.21. The summed E-state index contributed by atoms with van der Waals surface area (Å²) < 4.78 is 19.9. The predicted molar refractivity (Wildman–Crippen MR) is 145 cm³/mol. The van der Waals surface area contributed by atoms with Crippen molar-refractivity contribution < 1.29 is 19.3 Å². The van der Waals surface area contributed by atoms with Crippen LogP contribution < -0.4 is 10.3 Å². The van der Waals surface area contributed by atoms with E-state index in [0.29, 0.717) is 5.56 Å². The smallest absolute Gasteiger partial charge is 0.301 e. The van der Waals surface area contributed by atoms with Gasteiger partial charge in [-0.1, -0.05) is 91.0 Å². The summed E-state index contributed by atoms with van der Waals surface area (Å²) >= 11 is 6.67. The van der Waals surface area contributed by atoms with E-state index in [1.165, 1.54) is 11.7 Å². The third kappa shape index (κ3) is 4.74. The van der Waals surface area contributed by atoms with Gasteiger partial charge in [-0.25, -0.2) is 0 Å². The van der Waals surface area contributed by atoms with Gasteiger partial charge in [0.25, 0.3) is 5.56 Å². The zero-order valence-electron chi connectivity index (χ0n) is 21.1. The molecule has 8 heteroatoms. The molecule has 1 aliphatic rings. The summed E-state index contributed by atoms with van der Waals surface area (Å²) in [7, 11) is 1.41. The van der Waals surface area contributed by atoms with Crippen molar-refractivity contribution in [3.8, 4) is 6.01 Å². The van der Waals surface area contributed by atoms with E-state index in [1.54, 1.807) is 13.1 Å². The Bertz CT molecular complexity index is 1320. The molecule has 7 nitrogen and oxygen atoms in total. The molecule has 0 unspecified atom stereocenters. The van der Waals surface area contributed by atoms with Crippen molar-refractivity contribution in [2.45, 2.75) is 36.3 Å². The van der Waals surface area contributed by atoms with Crippen molar-refractivity contribution in [3.05, 3.63) is 130 Å². The first-order valence-electron chi connectivity index (χ1n) is 12.4. The molecule has 4 atom stereocenters. The number of benzene rings is 3. The quantitative estimate of drug-likeness (QED) is 0.267. The molecule has 1 aliphatic heterocycles. The standard InChI is InChI=1S/C30H29ClN2O5/c1-20-18-33(29(36-2)32-27(20)35)28-25(31)26(34)24(38-28)19-37-30(21-12-6-3-7-13-21,22-14-8-4-9-15-22)23-16-10-5-11-17-23/h3-18,24-26,28,34H,19H2,1-2H3/t24-,25-,26+,28-/m1/s1. The van der Waals surface area contributed by atoms with Crippen LogP contribution in [0.4, 0.5) is 0 Å². The molecule has 4 aromatic rings. The Balaban J connectivity index is 1.52. The molecule has 1 N–H and O–H groups in total. The molecule has 2 heterocycles. The third-order valence-electron chi connectivity index (χ3n) is 6.84. The average Bonchev–Trinajstić information content (AvgIpc) is 3.25. The van der Waals surface area contributed by atoms with E-state index in [2.05, 4.69) is 4.98 Å². The Hall–Kier alpha value is -3.49. The van der Waals surface area contributed by atoms with Crippen LogP contribution in [0.25, 0.3) is 0 Å². The minimum Gasteiger partial charge on any atom is -0.468 e. The number of aliphatic hydroxyl groups excluding tert-OH is 1. The van der Waals surface area contributed by atoms with Crippen molar-refractivity contribution in [2.24, 2.45) is 0 Å². The Morgan fingerprint density at radius 3 is 1.92 bits per heavy atom. The number of halogens is 1. The van der Waals surface area contributed by atoms with Gasteiger partial charge < -0.3 is 19.3 Å².